The fraction of sp³-hybridized carbons (Fsp3) is 0.125. The fourth-order valence-corrected chi connectivity index (χ4v) is 2.51. The Bertz CT molecular complexity index is 963. The minimum atomic E-state index is -1.12. The summed E-state index contributed by atoms with van der Waals surface area (Å²) in [7, 11) is 0. The second kappa shape index (κ2) is 5.28. The molecule has 0 bridgehead atoms. The van der Waals surface area contributed by atoms with E-state index in [4.69, 9.17) is 0 Å². The third kappa shape index (κ3) is 2.36. The second-order valence-electron chi connectivity index (χ2n) is 5.29. The summed E-state index contributed by atoms with van der Waals surface area (Å²) < 4.78 is 14.4. The molecule has 0 atom stereocenters. The van der Waals surface area contributed by atoms with E-state index in [1.165, 1.54) is 12.3 Å². The van der Waals surface area contributed by atoms with Gasteiger partial charge in [0.15, 0.2) is 5.78 Å². The summed E-state index contributed by atoms with van der Waals surface area (Å²) in [6.07, 6.45) is 3.09. The van der Waals surface area contributed by atoms with Gasteiger partial charge in [-0.2, -0.15) is 4.39 Å². The highest BCUT2D eigenvalue weighted by Crippen LogP contribution is 2.28. The summed E-state index contributed by atoms with van der Waals surface area (Å²) in [6.45, 7) is 3.37. The van der Waals surface area contributed by atoms with Crippen molar-refractivity contribution in [2.24, 2.45) is 0 Å². The number of nitrogens with one attached hydrogen (secondary N) is 1. The number of pyridine rings is 1. The molecule has 2 heterocycles. The number of carbonyl (C=O) groups is 1. The monoisotopic (exact) mass is 313 g/mol. The van der Waals surface area contributed by atoms with Gasteiger partial charge in [-0.05, 0) is 31.0 Å². The number of aromatic nitrogens is 2. The zero-order valence-corrected chi connectivity index (χ0v) is 12.4. The van der Waals surface area contributed by atoms with Crippen molar-refractivity contribution in [3.63, 3.8) is 0 Å². The van der Waals surface area contributed by atoms with Crippen molar-refractivity contribution in [3.05, 3.63) is 68.8 Å². The minimum absolute atomic E-state index is 0.235. The van der Waals surface area contributed by atoms with Gasteiger partial charge in [0, 0.05) is 29.4 Å². The van der Waals surface area contributed by atoms with Crippen molar-refractivity contribution >= 4 is 22.5 Å². The van der Waals surface area contributed by atoms with Crippen LogP contribution < -0.4 is 0 Å². The molecule has 3 rings (SSSR count). The Morgan fingerprint density at radius 2 is 2.09 bits per heavy atom. The molecule has 116 valence electrons. The molecule has 1 N–H and O–H groups in total. The Labute approximate surface area is 130 Å². The van der Waals surface area contributed by atoms with Crippen molar-refractivity contribution < 1.29 is 14.1 Å². The standard InChI is InChI=1S/C16H12FN3O3/c1-8-5-10-11(7-19-16(10)18-6-8)15(21)13-9(2)3-4-12(14(13)17)20(22)23/h3-7H,1-2H3,(H,18,19). The van der Waals surface area contributed by atoms with Crippen LogP contribution in [0.25, 0.3) is 11.0 Å². The Hall–Kier alpha value is -3.09. The van der Waals surface area contributed by atoms with Crippen molar-refractivity contribution in [1.82, 2.24) is 9.97 Å². The number of hydrogen-bond acceptors (Lipinski definition) is 4. The molecule has 0 unspecified atom stereocenters. The largest absolute Gasteiger partial charge is 0.345 e. The van der Waals surface area contributed by atoms with Crippen LogP contribution in [0.5, 0.6) is 0 Å². The first kappa shape index (κ1) is 14.8. The first-order chi connectivity index (χ1) is 10.9. The second-order valence-corrected chi connectivity index (χ2v) is 5.29. The van der Waals surface area contributed by atoms with Gasteiger partial charge >= 0.3 is 5.69 Å². The van der Waals surface area contributed by atoms with Gasteiger partial charge < -0.3 is 4.98 Å². The molecule has 0 fully saturated rings. The predicted molar refractivity (Wildman–Crippen MR) is 82.1 cm³/mol. The summed E-state index contributed by atoms with van der Waals surface area (Å²) in [5, 5.41) is 11.4. The minimum Gasteiger partial charge on any atom is -0.345 e. The molecule has 2 aromatic heterocycles. The summed E-state index contributed by atoms with van der Waals surface area (Å²) in [4.78, 5) is 29.8. The van der Waals surface area contributed by atoms with Crippen molar-refractivity contribution in [3.8, 4) is 0 Å². The highest BCUT2D eigenvalue weighted by atomic mass is 19.1. The molecule has 0 aliphatic heterocycles. The average molecular weight is 313 g/mol. The van der Waals surface area contributed by atoms with E-state index in [-0.39, 0.29) is 11.1 Å². The van der Waals surface area contributed by atoms with Crippen LogP contribution in [-0.4, -0.2) is 20.7 Å². The zero-order valence-electron chi connectivity index (χ0n) is 12.4. The van der Waals surface area contributed by atoms with Crippen LogP contribution in [-0.2, 0) is 0 Å². The molecule has 0 radical (unpaired) electrons. The number of rotatable bonds is 3. The van der Waals surface area contributed by atoms with Crippen molar-refractivity contribution in [1.29, 1.82) is 0 Å². The zero-order chi connectivity index (χ0) is 16.7. The number of benzene rings is 1. The van der Waals surface area contributed by atoms with Gasteiger partial charge in [-0.25, -0.2) is 4.98 Å². The molecular weight excluding hydrogens is 301 g/mol. The van der Waals surface area contributed by atoms with Gasteiger partial charge in [0.05, 0.1) is 10.5 Å². The van der Waals surface area contributed by atoms with E-state index in [0.717, 1.165) is 11.6 Å². The number of fused-ring (bicyclic) bond motifs is 1. The van der Waals surface area contributed by atoms with E-state index in [1.807, 2.05) is 6.92 Å². The van der Waals surface area contributed by atoms with Crippen LogP contribution in [0.15, 0.2) is 30.6 Å². The normalized spacial score (nSPS) is 10.9. The fourth-order valence-electron chi connectivity index (χ4n) is 2.51. The number of nitrogens with zero attached hydrogens (tertiary/aromatic N) is 2. The number of halogens is 1. The molecule has 0 saturated carbocycles. The topological polar surface area (TPSA) is 88.9 Å². The van der Waals surface area contributed by atoms with Crippen LogP contribution >= 0.6 is 0 Å². The maximum atomic E-state index is 14.4. The maximum absolute atomic E-state index is 14.4. The molecule has 3 aromatic rings. The Kier molecular flexibility index (Phi) is 3.40. The smallest absolute Gasteiger partial charge is 0.305 e. The van der Waals surface area contributed by atoms with Crippen molar-refractivity contribution in [2.75, 3.05) is 0 Å². The summed E-state index contributed by atoms with van der Waals surface area (Å²) in [6, 6.07) is 4.19. The van der Waals surface area contributed by atoms with Gasteiger partial charge in [-0.3, -0.25) is 14.9 Å². The van der Waals surface area contributed by atoms with Crippen molar-refractivity contribution in [2.45, 2.75) is 13.8 Å². The van der Waals surface area contributed by atoms with Crippen LogP contribution in [0, 0.1) is 29.8 Å². The highest BCUT2D eigenvalue weighted by Gasteiger charge is 2.26. The van der Waals surface area contributed by atoms with E-state index >= 15 is 0 Å². The van der Waals surface area contributed by atoms with E-state index in [2.05, 4.69) is 9.97 Å². The quantitative estimate of drug-likeness (QED) is 0.455. The number of nitro benzene ring substituents is 1. The lowest BCUT2D eigenvalue weighted by Crippen LogP contribution is -2.08. The Morgan fingerprint density at radius 3 is 2.78 bits per heavy atom. The molecule has 7 heteroatoms. The molecule has 0 aliphatic carbocycles. The number of ketones is 1. The molecule has 0 aliphatic rings. The van der Waals surface area contributed by atoms with Gasteiger partial charge in [0.25, 0.3) is 0 Å². The van der Waals surface area contributed by atoms with Crippen LogP contribution in [0.3, 0.4) is 0 Å². The van der Waals surface area contributed by atoms with Crippen LogP contribution in [0.2, 0.25) is 0 Å². The van der Waals surface area contributed by atoms with Gasteiger partial charge in [-0.15, -0.1) is 0 Å². The van der Waals surface area contributed by atoms with Crippen LogP contribution in [0.1, 0.15) is 27.0 Å². The average Bonchev–Trinajstić information content (AvgIpc) is 2.89. The van der Waals surface area contributed by atoms with E-state index in [0.29, 0.717) is 16.6 Å². The highest BCUT2D eigenvalue weighted by molar-refractivity contribution is 6.17. The summed E-state index contributed by atoms with van der Waals surface area (Å²) >= 11 is 0. The number of aryl methyl sites for hydroxylation is 2. The lowest BCUT2D eigenvalue weighted by molar-refractivity contribution is -0.387. The van der Waals surface area contributed by atoms with Gasteiger partial charge in [-0.1, -0.05) is 6.07 Å². The lowest BCUT2D eigenvalue weighted by atomic mass is 9.97. The molecule has 0 saturated heterocycles. The molecule has 0 spiro atoms. The number of aromatic amines is 1. The first-order valence-corrected chi connectivity index (χ1v) is 6.82. The molecule has 0 amide bonds. The number of H-pyrrole nitrogens is 1. The van der Waals surface area contributed by atoms with Gasteiger partial charge in [0.2, 0.25) is 5.82 Å². The number of hydrogen-bond donors (Lipinski definition) is 1. The molecule has 23 heavy (non-hydrogen) atoms. The SMILES string of the molecule is Cc1cnc2[nH]cc(C(=O)c3c(C)ccc([N+](=O)[O-])c3F)c2c1. The predicted octanol–water partition coefficient (Wildman–Crippen LogP) is 3.46. The first-order valence-electron chi connectivity index (χ1n) is 6.82. The molecule has 1 aromatic carbocycles. The lowest BCUT2D eigenvalue weighted by Gasteiger charge is -2.06. The molecular formula is C16H12FN3O3. The van der Waals surface area contributed by atoms with E-state index in [9.17, 15) is 19.3 Å². The summed E-state index contributed by atoms with van der Waals surface area (Å²) in [5.41, 5.74) is 0.922. The maximum Gasteiger partial charge on any atom is 0.305 e. The summed E-state index contributed by atoms with van der Waals surface area (Å²) in [5.74, 6) is -1.72. The van der Waals surface area contributed by atoms with E-state index < -0.39 is 22.2 Å². The Balaban J connectivity index is 2.22. The van der Waals surface area contributed by atoms with Gasteiger partial charge in [0.1, 0.15) is 5.65 Å². The third-order valence-electron chi connectivity index (χ3n) is 3.67. The number of nitro groups is 1. The Morgan fingerprint density at radius 1 is 1.35 bits per heavy atom. The molecule has 6 nitrogen and oxygen atoms in total. The van der Waals surface area contributed by atoms with Crippen LogP contribution in [0.4, 0.5) is 10.1 Å². The van der Waals surface area contributed by atoms with E-state index in [1.54, 1.807) is 19.2 Å². The third-order valence-corrected chi connectivity index (χ3v) is 3.67. The number of carbonyl (C=O) groups excluding carboxylic acids is 1.